The van der Waals surface area contributed by atoms with E-state index in [1.54, 1.807) is 4.90 Å². The predicted molar refractivity (Wildman–Crippen MR) is 137 cm³/mol. The molecule has 192 valence electrons. The Hall–Kier alpha value is -3.63. The maximum Gasteiger partial charge on any atom is 0.419 e. The molecule has 0 spiro atoms. The highest BCUT2D eigenvalue weighted by atomic mass is 19.4. The topological polar surface area (TPSA) is 64.5 Å². The third-order valence-corrected chi connectivity index (χ3v) is 6.30. The number of hydrogen-bond acceptors (Lipinski definition) is 8. The lowest BCUT2D eigenvalue weighted by atomic mass is 10.2. The summed E-state index contributed by atoms with van der Waals surface area (Å²) in [4.78, 5) is 25.9. The fourth-order valence-electron chi connectivity index (χ4n) is 3.91. The highest BCUT2D eigenvalue weighted by Gasteiger charge is 2.36. The lowest BCUT2D eigenvalue weighted by Crippen LogP contribution is -2.48. The number of anilines is 4. The number of benzene rings is 1. The average Bonchev–Trinajstić information content (AvgIpc) is 2.87. The SMILES string of the molecule is CC(C)N(C)c1nc(-c2ccc(N(C)C)cc2)nc(N2CCN(c3ncccc3C(F)(F)F)CC2)n1. The summed E-state index contributed by atoms with van der Waals surface area (Å²) in [6.07, 6.45) is -3.06. The summed E-state index contributed by atoms with van der Waals surface area (Å²) < 4.78 is 40.5. The van der Waals surface area contributed by atoms with Crippen LogP contribution >= 0.6 is 0 Å². The third-order valence-electron chi connectivity index (χ3n) is 6.30. The standard InChI is InChI=1S/C25H31F3N8/c1-17(2)34(5)23-30-21(18-8-10-19(11-9-18)33(3)4)31-24(32-23)36-15-13-35(14-16-36)22-20(25(26,27)28)7-6-12-29-22/h6-12,17H,13-16H2,1-5H3. The second-order valence-electron chi connectivity index (χ2n) is 9.25. The van der Waals surface area contributed by atoms with Gasteiger partial charge in [-0.2, -0.15) is 28.1 Å². The van der Waals surface area contributed by atoms with Crippen LogP contribution in [0.1, 0.15) is 19.4 Å². The maximum atomic E-state index is 13.5. The molecule has 0 N–H and O–H groups in total. The summed E-state index contributed by atoms with van der Waals surface area (Å²) in [5.74, 6) is 1.57. The molecule has 2 aromatic heterocycles. The van der Waals surface area contributed by atoms with Gasteiger partial charge in [-0.15, -0.1) is 0 Å². The van der Waals surface area contributed by atoms with Crippen molar-refractivity contribution >= 4 is 23.4 Å². The van der Waals surface area contributed by atoms with Gasteiger partial charge >= 0.3 is 6.18 Å². The molecule has 0 saturated carbocycles. The Morgan fingerprint density at radius 1 is 0.861 bits per heavy atom. The van der Waals surface area contributed by atoms with Crippen LogP contribution in [-0.4, -0.2) is 73.3 Å². The molecule has 1 aromatic carbocycles. The molecule has 1 aliphatic rings. The Kier molecular flexibility index (Phi) is 7.18. The second kappa shape index (κ2) is 10.2. The van der Waals surface area contributed by atoms with Crippen LogP contribution in [0, 0.1) is 0 Å². The zero-order valence-corrected chi connectivity index (χ0v) is 21.2. The number of hydrogen-bond donors (Lipinski definition) is 0. The number of halogens is 3. The normalized spacial score (nSPS) is 14.4. The van der Waals surface area contributed by atoms with Crippen LogP contribution in [0.15, 0.2) is 42.6 Å². The van der Waals surface area contributed by atoms with Gasteiger partial charge in [-0.1, -0.05) is 0 Å². The summed E-state index contributed by atoms with van der Waals surface area (Å²) in [5, 5.41) is 0. The Morgan fingerprint density at radius 2 is 1.50 bits per heavy atom. The molecule has 3 heterocycles. The van der Waals surface area contributed by atoms with E-state index < -0.39 is 11.7 Å². The first-order chi connectivity index (χ1) is 17.0. The minimum atomic E-state index is -4.46. The lowest BCUT2D eigenvalue weighted by Gasteiger charge is -2.36. The molecule has 0 atom stereocenters. The summed E-state index contributed by atoms with van der Waals surface area (Å²) >= 11 is 0. The van der Waals surface area contributed by atoms with Gasteiger partial charge in [0.15, 0.2) is 5.82 Å². The first-order valence-electron chi connectivity index (χ1n) is 11.8. The minimum Gasteiger partial charge on any atom is -0.378 e. The quantitative estimate of drug-likeness (QED) is 0.499. The average molecular weight is 501 g/mol. The van der Waals surface area contributed by atoms with E-state index in [0.29, 0.717) is 43.9 Å². The summed E-state index contributed by atoms with van der Waals surface area (Å²) in [7, 11) is 5.89. The van der Waals surface area contributed by atoms with Gasteiger partial charge in [0.2, 0.25) is 11.9 Å². The Bertz CT molecular complexity index is 1170. The molecule has 4 rings (SSSR count). The molecule has 3 aromatic rings. The molecular formula is C25H31F3N8. The van der Waals surface area contributed by atoms with Crippen LogP contribution < -0.4 is 19.6 Å². The first kappa shape index (κ1) is 25.5. The van der Waals surface area contributed by atoms with Crippen LogP contribution in [0.2, 0.25) is 0 Å². The van der Waals surface area contributed by atoms with Crippen LogP contribution in [0.5, 0.6) is 0 Å². The fraction of sp³-hybridized carbons (Fsp3) is 0.440. The molecule has 0 aliphatic carbocycles. The van der Waals surface area contributed by atoms with Crippen molar-refractivity contribution < 1.29 is 13.2 Å². The number of pyridine rings is 1. The van der Waals surface area contributed by atoms with Gasteiger partial charge in [0.25, 0.3) is 0 Å². The summed E-state index contributed by atoms with van der Waals surface area (Å²) in [5.41, 5.74) is 1.21. The van der Waals surface area contributed by atoms with E-state index in [4.69, 9.17) is 15.0 Å². The van der Waals surface area contributed by atoms with Crippen molar-refractivity contribution in [3.05, 3.63) is 48.2 Å². The third kappa shape index (κ3) is 5.44. The molecule has 36 heavy (non-hydrogen) atoms. The predicted octanol–water partition coefficient (Wildman–Crippen LogP) is 4.19. The van der Waals surface area contributed by atoms with Gasteiger partial charge in [0.05, 0.1) is 5.56 Å². The van der Waals surface area contributed by atoms with Crippen LogP contribution in [-0.2, 0) is 6.18 Å². The van der Waals surface area contributed by atoms with E-state index in [9.17, 15) is 13.2 Å². The molecule has 1 aliphatic heterocycles. The molecule has 1 fully saturated rings. The highest BCUT2D eigenvalue weighted by Crippen LogP contribution is 2.35. The van der Waals surface area contributed by atoms with Gasteiger partial charge in [-0.25, -0.2) is 4.98 Å². The highest BCUT2D eigenvalue weighted by molar-refractivity contribution is 5.62. The molecular weight excluding hydrogens is 469 g/mol. The first-order valence-corrected chi connectivity index (χ1v) is 11.8. The van der Waals surface area contributed by atoms with Crippen molar-refractivity contribution in [1.82, 2.24) is 19.9 Å². The number of aromatic nitrogens is 4. The molecule has 0 amide bonds. The van der Waals surface area contributed by atoms with Crippen molar-refractivity contribution in [3.8, 4) is 11.4 Å². The van der Waals surface area contributed by atoms with E-state index in [-0.39, 0.29) is 11.9 Å². The van der Waals surface area contributed by atoms with Gasteiger partial charge in [-0.05, 0) is 50.2 Å². The van der Waals surface area contributed by atoms with Crippen molar-refractivity contribution in [2.45, 2.75) is 26.1 Å². The van der Waals surface area contributed by atoms with Crippen molar-refractivity contribution in [2.24, 2.45) is 0 Å². The van der Waals surface area contributed by atoms with Gasteiger partial charge in [0, 0.05) is 70.8 Å². The summed E-state index contributed by atoms with van der Waals surface area (Å²) in [6, 6.07) is 10.5. The zero-order chi connectivity index (χ0) is 26.0. The van der Waals surface area contributed by atoms with E-state index in [2.05, 4.69) is 18.8 Å². The number of nitrogens with zero attached hydrogens (tertiary/aromatic N) is 8. The molecule has 0 bridgehead atoms. The van der Waals surface area contributed by atoms with Crippen molar-refractivity contribution in [2.75, 3.05) is 66.9 Å². The van der Waals surface area contributed by atoms with Gasteiger partial charge < -0.3 is 19.6 Å². The monoisotopic (exact) mass is 500 g/mol. The van der Waals surface area contributed by atoms with Crippen LogP contribution in [0.4, 0.5) is 36.6 Å². The molecule has 1 saturated heterocycles. The van der Waals surface area contributed by atoms with E-state index in [0.717, 1.165) is 17.3 Å². The summed E-state index contributed by atoms with van der Waals surface area (Å²) in [6.45, 7) is 5.77. The largest absolute Gasteiger partial charge is 0.419 e. The molecule has 0 radical (unpaired) electrons. The smallest absolute Gasteiger partial charge is 0.378 e. The molecule has 11 heteroatoms. The van der Waals surface area contributed by atoms with E-state index >= 15 is 0 Å². The maximum absolute atomic E-state index is 13.5. The Balaban J connectivity index is 1.61. The number of alkyl halides is 3. The van der Waals surface area contributed by atoms with Gasteiger partial charge in [0.1, 0.15) is 5.82 Å². The van der Waals surface area contributed by atoms with Crippen molar-refractivity contribution in [3.63, 3.8) is 0 Å². The van der Waals surface area contributed by atoms with Gasteiger partial charge in [-0.3, -0.25) is 0 Å². The second-order valence-corrected chi connectivity index (χ2v) is 9.25. The molecule has 0 unspecified atom stereocenters. The number of piperazine rings is 1. The minimum absolute atomic E-state index is 0.0396. The molecule has 8 nitrogen and oxygen atoms in total. The van der Waals surface area contributed by atoms with E-state index in [1.807, 2.05) is 60.1 Å². The number of rotatable bonds is 6. The lowest BCUT2D eigenvalue weighted by molar-refractivity contribution is -0.137. The van der Waals surface area contributed by atoms with Crippen molar-refractivity contribution in [1.29, 1.82) is 0 Å². The fourth-order valence-corrected chi connectivity index (χ4v) is 3.91. The zero-order valence-electron chi connectivity index (χ0n) is 21.2. The van der Waals surface area contributed by atoms with Crippen LogP contribution in [0.25, 0.3) is 11.4 Å². The Morgan fingerprint density at radius 3 is 2.08 bits per heavy atom. The van der Waals surface area contributed by atoms with E-state index in [1.165, 1.54) is 12.3 Å². The van der Waals surface area contributed by atoms with Crippen LogP contribution in [0.3, 0.4) is 0 Å². The Labute approximate surface area is 209 Å².